The SMILES string of the molecule is Cc1ccc(S(=O)(=O)C2(C(=O)OCC(=O)NCc3ccc(F)cc3)CCCC2)cc1C. The number of carbonyl (C=O) groups is 2. The lowest BCUT2D eigenvalue weighted by Crippen LogP contribution is -2.46. The molecular weight excluding hydrogens is 421 g/mol. The number of rotatable bonds is 7. The van der Waals surface area contributed by atoms with E-state index in [0.29, 0.717) is 18.4 Å². The molecule has 1 aliphatic carbocycles. The van der Waals surface area contributed by atoms with Crippen molar-refractivity contribution in [3.8, 4) is 0 Å². The predicted molar refractivity (Wildman–Crippen MR) is 114 cm³/mol. The molecule has 0 radical (unpaired) electrons. The van der Waals surface area contributed by atoms with Crippen LogP contribution >= 0.6 is 0 Å². The fourth-order valence-electron chi connectivity index (χ4n) is 3.75. The van der Waals surface area contributed by atoms with Crippen molar-refractivity contribution in [3.05, 3.63) is 65.0 Å². The molecule has 0 spiro atoms. The third-order valence-corrected chi connectivity index (χ3v) is 8.30. The molecule has 1 saturated carbocycles. The van der Waals surface area contributed by atoms with E-state index in [9.17, 15) is 22.4 Å². The number of hydrogen-bond acceptors (Lipinski definition) is 5. The van der Waals surface area contributed by atoms with Crippen molar-refractivity contribution in [3.63, 3.8) is 0 Å². The van der Waals surface area contributed by atoms with Crippen LogP contribution in [-0.2, 0) is 30.7 Å². The van der Waals surface area contributed by atoms with Crippen molar-refractivity contribution in [1.29, 1.82) is 0 Å². The molecule has 0 unspecified atom stereocenters. The van der Waals surface area contributed by atoms with Gasteiger partial charge in [-0.15, -0.1) is 0 Å². The van der Waals surface area contributed by atoms with E-state index in [-0.39, 0.29) is 30.1 Å². The Morgan fingerprint density at radius 1 is 1.03 bits per heavy atom. The first kappa shape index (κ1) is 22.9. The zero-order chi connectivity index (χ0) is 22.6. The second-order valence-electron chi connectivity index (χ2n) is 7.93. The van der Waals surface area contributed by atoms with Crippen LogP contribution in [0.15, 0.2) is 47.4 Å². The Labute approximate surface area is 181 Å². The number of aryl methyl sites for hydroxylation is 2. The molecule has 1 fully saturated rings. The van der Waals surface area contributed by atoms with Crippen molar-refractivity contribution in [2.45, 2.75) is 55.7 Å². The van der Waals surface area contributed by atoms with E-state index in [2.05, 4.69) is 5.32 Å². The van der Waals surface area contributed by atoms with Gasteiger partial charge in [0.05, 0.1) is 4.90 Å². The van der Waals surface area contributed by atoms with Gasteiger partial charge in [0.1, 0.15) is 5.82 Å². The fourth-order valence-corrected chi connectivity index (χ4v) is 5.89. The average molecular weight is 448 g/mol. The van der Waals surface area contributed by atoms with Crippen LogP contribution in [0.3, 0.4) is 0 Å². The van der Waals surface area contributed by atoms with Gasteiger partial charge >= 0.3 is 5.97 Å². The highest BCUT2D eigenvalue weighted by Crippen LogP contribution is 2.41. The van der Waals surface area contributed by atoms with E-state index in [1.807, 2.05) is 13.8 Å². The smallest absolute Gasteiger partial charge is 0.328 e. The summed E-state index contributed by atoms with van der Waals surface area (Å²) < 4.78 is 43.3. The van der Waals surface area contributed by atoms with Crippen molar-refractivity contribution in [1.82, 2.24) is 5.32 Å². The van der Waals surface area contributed by atoms with E-state index >= 15 is 0 Å². The molecule has 0 atom stereocenters. The summed E-state index contributed by atoms with van der Waals surface area (Å²) in [6.07, 6.45) is 1.52. The monoisotopic (exact) mass is 447 g/mol. The highest BCUT2D eigenvalue weighted by Gasteiger charge is 2.54. The van der Waals surface area contributed by atoms with Crippen LogP contribution < -0.4 is 5.32 Å². The van der Waals surface area contributed by atoms with Gasteiger partial charge < -0.3 is 10.1 Å². The molecule has 0 aliphatic heterocycles. The standard InChI is InChI=1S/C23H26FNO5S/c1-16-5-10-20(13-17(16)2)31(28,29)23(11-3-4-12-23)22(27)30-15-21(26)25-14-18-6-8-19(24)9-7-18/h5-10,13H,3-4,11-12,14-15H2,1-2H3,(H,25,26). The van der Waals surface area contributed by atoms with E-state index < -0.39 is 33.1 Å². The van der Waals surface area contributed by atoms with Crippen LogP contribution in [0.4, 0.5) is 4.39 Å². The van der Waals surface area contributed by atoms with Crippen molar-refractivity contribution >= 4 is 21.7 Å². The minimum Gasteiger partial charge on any atom is -0.454 e. The maximum atomic E-state index is 13.4. The molecule has 31 heavy (non-hydrogen) atoms. The van der Waals surface area contributed by atoms with Crippen LogP contribution in [-0.4, -0.2) is 31.6 Å². The Balaban J connectivity index is 1.69. The maximum absolute atomic E-state index is 13.4. The summed E-state index contributed by atoms with van der Waals surface area (Å²) in [6, 6.07) is 10.4. The number of halogens is 1. The van der Waals surface area contributed by atoms with Gasteiger partial charge in [0.15, 0.2) is 21.2 Å². The van der Waals surface area contributed by atoms with Crippen LogP contribution in [0, 0.1) is 19.7 Å². The maximum Gasteiger partial charge on any atom is 0.328 e. The lowest BCUT2D eigenvalue weighted by Gasteiger charge is -2.26. The minimum absolute atomic E-state index is 0.0928. The lowest BCUT2D eigenvalue weighted by atomic mass is 10.1. The summed E-state index contributed by atoms with van der Waals surface area (Å²) in [4.78, 5) is 25.1. The summed E-state index contributed by atoms with van der Waals surface area (Å²) in [5, 5.41) is 2.57. The minimum atomic E-state index is -3.99. The van der Waals surface area contributed by atoms with Gasteiger partial charge in [-0.05, 0) is 67.6 Å². The molecule has 2 aromatic carbocycles. The number of esters is 1. The summed E-state index contributed by atoms with van der Waals surface area (Å²) in [7, 11) is -3.99. The molecule has 166 valence electrons. The molecule has 0 saturated heterocycles. The number of amides is 1. The Kier molecular flexibility index (Phi) is 6.79. The van der Waals surface area contributed by atoms with E-state index in [1.165, 1.54) is 30.3 Å². The molecular formula is C23H26FNO5S. The molecule has 3 rings (SSSR count). The Morgan fingerprint density at radius 3 is 2.29 bits per heavy atom. The summed E-state index contributed by atoms with van der Waals surface area (Å²) in [5.74, 6) is -1.83. The molecule has 1 amide bonds. The predicted octanol–water partition coefficient (Wildman–Crippen LogP) is 3.39. The average Bonchev–Trinajstić information content (AvgIpc) is 3.25. The highest BCUT2D eigenvalue weighted by molar-refractivity contribution is 7.93. The molecule has 2 aromatic rings. The van der Waals surface area contributed by atoms with Crippen molar-refractivity contribution in [2.75, 3.05) is 6.61 Å². The summed E-state index contributed by atoms with van der Waals surface area (Å²) >= 11 is 0. The first-order valence-corrected chi connectivity index (χ1v) is 11.6. The first-order chi connectivity index (χ1) is 14.7. The third kappa shape index (κ3) is 4.79. The normalized spacial score (nSPS) is 15.5. The van der Waals surface area contributed by atoms with Crippen LogP contribution in [0.2, 0.25) is 0 Å². The topological polar surface area (TPSA) is 89.5 Å². The Morgan fingerprint density at radius 2 is 1.68 bits per heavy atom. The summed E-state index contributed by atoms with van der Waals surface area (Å²) in [6.45, 7) is 3.27. The third-order valence-electron chi connectivity index (χ3n) is 5.82. The van der Waals surface area contributed by atoms with Gasteiger partial charge in [-0.25, -0.2) is 12.8 Å². The second-order valence-corrected chi connectivity index (χ2v) is 10.2. The molecule has 8 heteroatoms. The first-order valence-electron chi connectivity index (χ1n) is 10.2. The summed E-state index contributed by atoms with van der Waals surface area (Å²) in [5.41, 5.74) is 2.47. The number of benzene rings is 2. The number of nitrogens with one attached hydrogen (secondary N) is 1. The number of hydrogen-bond donors (Lipinski definition) is 1. The molecule has 0 bridgehead atoms. The zero-order valence-corrected chi connectivity index (χ0v) is 18.4. The van der Waals surface area contributed by atoms with Crippen LogP contribution in [0.5, 0.6) is 0 Å². The fraction of sp³-hybridized carbons (Fsp3) is 0.391. The van der Waals surface area contributed by atoms with Crippen LogP contribution in [0.25, 0.3) is 0 Å². The molecule has 1 N–H and O–H groups in total. The Bertz CT molecular complexity index is 1070. The van der Waals surface area contributed by atoms with Crippen LogP contribution in [0.1, 0.15) is 42.4 Å². The van der Waals surface area contributed by atoms with Crippen molar-refractivity contribution in [2.24, 2.45) is 0 Å². The largest absolute Gasteiger partial charge is 0.454 e. The van der Waals surface area contributed by atoms with Gasteiger partial charge in [0.25, 0.3) is 5.91 Å². The molecule has 0 heterocycles. The second kappa shape index (κ2) is 9.18. The van der Waals surface area contributed by atoms with Gasteiger partial charge in [-0.3, -0.25) is 9.59 Å². The lowest BCUT2D eigenvalue weighted by molar-refractivity contribution is -0.151. The van der Waals surface area contributed by atoms with E-state index in [1.54, 1.807) is 12.1 Å². The van der Waals surface area contributed by atoms with E-state index in [0.717, 1.165) is 11.1 Å². The Hall–Kier alpha value is -2.74. The van der Waals surface area contributed by atoms with Gasteiger partial charge in [-0.1, -0.05) is 31.0 Å². The van der Waals surface area contributed by atoms with E-state index in [4.69, 9.17) is 4.74 Å². The van der Waals surface area contributed by atoms with Gasteiger partial charge in [0, 0.05) is 6.54 Å². The van der Waals surface area contributed by atoms with Gasteiger partial charge in [-0.2, -0.15) is 0 Å². The van der Waals surface area contributed by atoms with Gasteiger partial charge in [0.2, 0.25) is 0 Å². The number of sulfone groups is 1. The quantitative estimate of drug-likeness (QED) is 0.657. The molecule has 1 aliphatic rings. The highest BCUT2D eigenvalue weighted by atomic mass is 32.2. The molecule has 6 nitrogen and oxygen atoms in total. The molecule has 0 aromatic heterocycles. The zero-order valence-electron chi connectivity index (χ0n) is 17.6. The number of carbonyl (C=O) groups excluding carboxylic acids is 2. The number of ether oxygens (including phenoxy) is 1. The van der Waals surface area contributed by atoms with Crippen molar-refractivity contribution < 1.29 is 27.1 Å².